The van der Waals surface area contributed by atoms with Crippen LogP contribution in [-0.4, -0.2) is 24.9 Å². The predicted octanol–water partition coefficient (Wildman–Crippen LogP) is 4.57. The molecule has 1 aliphatic carbocycles. The largest absolute Gasteiger partial charge is 0.389 e. The molecule has 1 N–H and O–H groups in total. The number of ether oxygens (including phenoxy) is 1. The molecule has 20 heavy (non-hydrogen) atoms. The van der Waals surface area contributed by atoms with E-state index in [-0.39, 0.29) is 10.8 Å². The topological polar surface area (TPSA) is 29.5 Å². The van der Waals surface area contributed by atoms with Gasteiger partial charge in [-0.05, 0) is 40.0 Å². The molecule has 0 radical (unpaired) electrons. The van der Waals surface area contributed by atoms with E-state index in [1.165, 1.54) is 11.1 Å². The second-order valence-corrected chi connectivity index (χ2v) is 8.37. The maximum Gasteiger partial charge on any atom is 0.211 e. The zero-order valence-electron chi connectivity index (χ0n) is 16.3. The van der Waals surface area contributed by atoms with Crippen LogP contribution in [0.15, 0.2) is 11.1 Å². The molecule has 1 aliphatic rings. The first kappa shape index (κ1) is 16.0. The third-order valence-electron chi connectivity index (χ3n) is 7.57. The second-order valence-electron chi connectivity index (χ2n) is 8.37. The second kappa shape index (κ2) is 4.33. The Morgan fingerprint density at radius 2 is 1.45 bits per heavy atom. The lowest BCUT2D eigenvalue weighted by molar-refractivity contribution is -0.242. The van der Waals surface area contributed by atoms with E-state index in [4.69, 9.17) is 11.3 Å². The summed E-state index contributed by atoms with van der Waals surface area (Å²) in [6.07, 6.45) is 0. The molecule has 0 aromatic carbocycles. The molecule has 0 bridgehead atoms. The fourth-order valence-electron chi connectivity index (χ4n) is 4.38. The first-order valence-electron chi connectivity index (χ1n) is 7.97. The van der Waals surface area contributed by atoms with Gasteiger partial charge < -0.3 is 9.85 Å². The molecule has 0 aromatic rings. The maximum atomic E-state index is 7.62. The Bertz CT molecular complexity index is 462. The van der Waals surface area contributed by atoms with Crippen LogP contribution < -0.4 is 0 Å². The van der Waals surface area contributed by atoms with E-state index in [1.54, 1.807) is 7.11 Å². The smallest absolute Gasteiger partial charge is 0.211 e. The van der Waals surface area contributed by atoms with Gasteiger partial charge in [0.05, 0.1) is 11.2 Å². The van der Waals surface area contributed by atoms with Gasteiger partial charge in [-0.25, -0.2) is 0 Å². The van der Waals surface area contributed by atoms with Crippen LogP contribution in [0.5, 0.6) is 0 Å². The van der Waals surface area contributed by atoms with Gasteiger partial charge in [0.25, 0.3) is 0 Å². The van der Waals surface area contributed by atoms with Crippen LogP contribution in [-0.2, 0) is 4.74 Å². The maximum absolute atomic E-state index is 7.62. The Hall–Kier alpha value is -0.340. The number of allylic oxidation sites excluding steroid dienone is 1. The van der Waals surface area contributed by atoms with Crippen molar-refractivity contribution in [3.8, 4) is 0 Å². The van der Waals surface area contributed by atoms with E-state index in [9.17, 15) is 0 Å². The van der Waals surface area contributed by atoms with Gasteiger partial charge in [-0.3, -0.25) is 0 Å². The van der Waals surface area contributed by atoms with Gasteiger partial charge >= 0.3 is 0 Å². The summed E-state index contributed by atoms with van der Waals surface area (Å²) in [6, 6.07) is 0. The van der Waals surface area contributed by atoms with Crippen molar-refractivity contribution in [3.05, 3.63) is 11.1 Å². The molecular weight excluding hydrogens is 248 g/mol. The van der Waals surface area contributed by atoms with Crippen molar-refractivity contribution in [1.82, 2.24) is 0 Å². The Labute approximate surface area is 127 Å². The van der Waals surface area contributed by atoms with Gasteiger partial charge in [0.2, 0.25) is 1.43 Å². The fourth-order valence-corrected chi connectivity index (χ4v) is 4.38. The quantitative estimate of drug-likeness (QED) is 0.769. The third kappa shape index (κ3) is 1.64. The van der Waals surface area contributed by atoms with Crippen LogP contribution in [0.25, 0.3) is 0 Å². The molecule has 118 valence electrons. The van der Waals surface area contributed by atoms with Crippen LogP contribution in [0.3, 0.4) is 0 Å². The highest BCUT2D eigenvalue weighted by molar-refractivity contribution is 5.39. The summed E-state index contributed by atoms with van der Waals surface area (Å²) < 4.78 is 13.8. The van der Waals surface area contributed by atoms with Gasteiger partial charge in [-0.15, -0.1) is 0 Å². The molecule has 0 saturated carbocycles. The molecule has 0 spiro atoms. The molecule has 0 heterocycles. The van der Waals surface area contributed by atoms with Gasteiger partial charge in [0.1, 0.15) is 0 Å². The van der Waals surface area contributed by atoms with E-state index in [1.807, 2.05) is 13.8 Å². The minimum Gasteiger partial charge on any atom is -0.389 e. The van der Waals surface area contributed by atoms with Crippen molar-refractivity contribution in [2.24, 2.45) is 16.2 Å². The molecule has 2 nitrogen and oxygen atoms in total. The number of hydrogen-bond acceptors (Lipinski definition) is 2. The number of rotatable bonds is 3. The Kier molecular flexibility index (Phi) is 3.47. The Balaban J connectivity index is 3.91. The van der Waals surface area contributed by atoms with Crippen molar-refractivity contribution in [2.45, 2.75) is 80.4 Å². The van der Waals surface area contributed by atoms with Crippen LogP contribution in [0.2, 0.25) is 0 Å². The van der Waals surface area contributed by atoms with Gasteiger partial charge in [0.15, 0.2) is 0 Å². The molecule has 2 atom stereocenters. The average Bonchev–Trinajstić information content (AvgIpc) is 2.41. The highest BCUT2D eigenvalue weighted by atomic mass is 16.5. The summed E-state index contributed by atoms with van der Waals surface area (Å²) in [4.78, 5) is 0. The third-order valence-corrected chi connectivity index (χ3v) is 7.57. The lowest BCUT2D eigenvalue weighted by atomic mass is 9.41. The zero-order valence-corrected chi connectivity index (χ0v) is 15.3. The van der Waals surface area contributed by atoms with Crippen LogP contribution in [0.1, 0.15) is 69.2 Å². The van der Waals surface area contributed by atoms with Crippen molar-refractivity contribution in [3.63, 3.8) is 0 Å². The summed E-state index contributed by atoms with van der Waals surface area (Å²) in [5, 5.41) is 5.19. The van der Waals surface area contributed by atoms with Gasteiger partial charge in [-0.1, -0.05) is 45.8 Å². The zero-order chi connectivity index (χ0) is 17.1. The molecule has 0 fully saturated rings. The highest BCUT2D eigenvalue weighted by Gasteiger charge is 2.68. The lowest BCUT2D eigenvalue weighted by Gasteiger charge is -2.67. The fraction of sp³-hybridized carbons (Fsp3) is 0.889. The molecule has 0 aromatic heterocycles. The van der Waals surface area contributed by atoms with Crippen molar-refractivity contribution >= 4 is 0 Å². The first-order chi connectivity index (χ1) is 9.19. The van der Waals surface area contributed by atoms with Gasteiger partial charge in [-0.2, -0.15) is 0 Å². The molecule has 0 amide bonds. The number of aliphatic hydroxyl groups is 1. The summed E-state index contributed by atoms with van der Waals surface area (Å²) in [5.74, 6) is 0. The standard InChI is InChI=1S/C18H34O2/c1-12-13(2)17(9,16(7,8)19)18(10,20-11)15(5,6)14(12,3)4/h19H,1-11H3/i19T. The van der Waals surface area contributed by atoms with E-state index in [0.717, 1.165) is 0 Å². The summed E-state index contributed by atoms with van der Waals surface area (Å²) in [6.45, 7) is 21.8. The van der Waals surface area contributed by atoms with Gasteiger partial charge in [0, 0.05) is 17.9 Å². The molecule has 0 saturated heterocycles. The van der Waals surface area contributed by atoms with Crippen molar-refractivity contribution in [1.29, 1.82) is 1.43 Å². The first-order valence-corrected chi connectivity index (χ1v) is 7.57. The van der Waals surface area contributed by atoms with Crippen molar-refractivity contribution < 1.29 is 9.85 Å². The normalized spacial score (nSPS) is 37.9. The molecule has 2 heteroatoms. The van der Waals surface area contributed by atoms with Crippen molar-refractivity contribution in [2.75, 3.05) is 7.11 Å². The van der Waals surface area contributed by atoms with E-state index < -0.39 is 16.6 Å². The molecule has 0 aliphatic heterocycles. The summed E-state index contributed by atoms with van der Waals surface area (Å²) in [7, 11) is 1.78. The highest BCUT2D eigenvalue weighted by Crippen LogP contribution is 2.67. The monoisotopic (exact) mass is 284 g/mol. The van der Waals surface area contributed by atoms with E-state index in [0.29, 0.717) is 0 Å². The van der Waals surface area contributed by atoms with Crippen LogP contribution >= 0.6 is 0 Å². The Morgan fingerprint density at radius 1 is 1.00 bits per heavy atom. The molecular formula is C18H34O2. The number of methoxy groups -OCH3 is 1. The minimum atomic E-state index is -0.656. The molecule has 1 rings (SSSR count). The SMILES string of the molecule is [3H]OC(C)(C)C1(C)C(C)=C(C)C(C)(C)C(C)(C)C1(C)OC. The van der Waals surface area contributed by atoms with E-state index in [2.05, 4.69) is 55.4 Å². The van der Waals surface area contributed by atoms with Crippen LogP contribution in [0, 0.1) is 16.2 Å². The predicted molar refractivity (Wildman–Crippen MR) is 85.8 cm³/mol. The molecule has 2 unspecified atom stereocenters. The van der Waals surface area contributed by atoms with Crippen LogP contribution in [0.4, 0.5) is 0 Å². The minimum absolute atomic E-state index is 0.000535. The van der Waals surface area contributed by atoms with E-state index >= 15 is 0 Å². The summed E-state index contributed by atoms with van der Waals surface area (Å²) in [5.41, 5.74) is 0.999. The lowest BCUT2D eigenvalue weighted by Crippen LogP contribution is -2.70. The number of hydrogen-bond donors (Lipinski definition) is 1. The Morgan fingerprint density at radius 3 is 1.80 bits per heavy atom. The summed E-state index contributed by atoms with van der Waals surface area (Å²) >= 11 is 0. The average molecular weight is 284 g/mol.